The van der Waals surface area contributed by atoms with Gasteiger partial charge < -0.3 is 5.32 Å². The first-order valence-electron chi connectivity index (χ1n) is 9.64. The maximum atomic E-state index is 12.4. The summed E-state index contributed by atoms with van der Waals surface area (Å²) in [4.78, 5) is 19.4. The zero-order chi connectivity index (χ0) is 20.3. The van der Waals surface area contributed by atoms with Crippen LogP contribution < -0.4 is 5.32 Å². The van der Waals surface area contributed by atoms with Gasteiger partial charge >= 0.3 is 0 Å². The third-order valence-corrected chi connectivity index (χ3v) is 6.57. The molecule has 0 atom stereocenters. The molecule has 0 aliphatic carbocycles. The molecule has 3 aromatic heterocycles. The van der Waals surface area contributed by atoms with E-state index in [4.69, 9.17) is 0 Å². The number of nitrogens with one attached hydrogen (secondary N) is 1. The van der Waals surface area contributed by atoms with E-state index in [9.17, 15) is 4.79 Å². The summed E-state index contributed by atoms with van der Waals surface area (Å²) in [5.74, 6) is 0.589. The van der Waals surface area contributed by atoms with Gasteiger partial charge in [0, 0.05) is 34.6 Å². The van der Waals surface area contributed by atoms with Crippen LogP contribution in [-0.4, -0.2) is 27.2 Å². The van der Waals surface area contributed by atoms with Crippen molar-refractivity contribution in [2.24, 2.45) is 5.92 Å². The molecular formula is C21H28N4OS2. The smallest absolute Gasteiger partial charge is 0.224 e. The summed E-state index contributed by atoms with van der Waals surface area (Å²) >= 11 is 3.42. The molecule has 5 nitrogen and oxygen atoms in total. The van der Waals surface area contributed by atoms with Crippen LogP contribution in [-0.2, 0) is 24.2 Å². The number of rotatable bonds is 8. The van der Waals surface area contributed by atoms with Crippen LogP contribution in [0.1, 0.15) is 40.7 Å². The Balaban J connectivity index is 1.51. The molecule has 0 saturated heterocycles. The SMILES string of the molecule is Cc1nc(-c2ccc(CCNC(=O)Cc3c(C)nn(CC(C)C)c3C)s2)cs1. The van der Waals surface area contributed by atoms with Crippen molar-refractivity contribution in [2.75, 3.05) is 6.54 Å². The van der Waals surface area contributed by atoms with E-state index in [0.717, 1.165) is 40.6 Å². The number of aromatic nitrogens is 3. The molecule has 7 heteroatoms. The van der Waals surface area contributed by atoms with Gasteiger partial charge in [-0.05, 0) is 45.2 Å². The Morgan fingerprint density at radius 3 is 2.71 bits per heavy atom. The Labute approximate surface area is 174 Å². The molecule has 3 heterocycles. The summed E-state index contributed by atoms with van der Waals surface area (Å²) in [5, 5.41) is 10.8. The Morgan fingerprint density at radius 2 is 2.04 bits per heavy atom. The highest BCUT2D eigenvalue weighted by Crippen LogP contribution is 2.29. The maximum Gasteiger partial charge on any atom is 0.224 e. The van der Waals surface area contributed by atoms with Crippen LogP contribution in [0.2, 0.25) is 0 Å². The topological polar surface area (TPSA) is 59.8 Å². The van der Waals surface area contributed by atoms with Crippen LogP contribution in [0, 0.1) is 26.7 Å². The van der Waals surface area contributed by atoms with Crippen molar-refractivity contribution in [1.29, 1.82) is 0 Å². The normalized spacial score (nSPS) is 11.4. The number of amides is 1. The predicted molar refractivity (Wildman–Crippen MR) is 117 cm³/mol. The molecule has 3 aromatic rings. The van der Waals surface area contributed by atoms with Crippen molar-refractivity contribution >= 4 is 28.6 Å². The Bertz CT molecular complexity index is 952. The highest BCUT2D eigenvalue weighted by atomic mass is 32.1. The molecule has 1 N–H and O–H groups in total. The predicted octanol–water partition coefficient (Wildman–Crippen LogP) is 4.55. The second kappa shape index (κ2) is 9.01. The molecule has 0 aliphatic heterocycles. The molecule has 28 heavy (non-hydrogen) atoms. The van der Waals surface area contributed by atoms with Gasteiger partial charge in [-0.3, -0.25) is 9.48 Å². The first-order valence-corrected chi connectivity index (χ1v) is 11.3. The molecule has 1 amide bonds. The lowest BCUT2D eigenvalue weighted by Gasteiger charge is -2.08. The van der Waals surface area contributed by atoms with Gasteiger partial charge in [0.1, 0.15) is 0 Å². The van der Waals surface area contributed by atoms with E-state index in [0.29, 0.717) is 18.9 Å². The zero-order valence-electron chi connectivity index (χ0n) is 17.2. The third-order valence-electron chi connectivity index (χ3n) is 4.63. The number of hydrogen-bond acceptors (Lipinski definition) is 5. The fourth-order valence-corrected chi connectivity index (χ4v) is 4.84. The van der Waals surface area contributed by atoms with Crippen LogP contribution in [0.3, 0.4) is 0 Å². The summed E-state index contributed by atoms with van der Waals surface area (Å²) in [6.45, 7) is 11.9. The average Bonchev–Trinajstić information content (AvgIpc) is 3.31. The molecular weight excluding hydrogens is 388 g/mol. The highest BCUT2D eigenvalue weighted by Gasteiger charge is 2.15. The van der Waals surface area contributed by atoms with Gasteiger partial charge in [-0.2, -0.15) is 5.10 Å². The van der Waals surface area contributed by atoms with Crippen LogP contribution in [0.4, 0.5) is 0 Å². The van der Waals surface area contributed by atoms with Crippen molar-refractivity contribution in [1.82, 2.24) is 20.1 Å². The van der Waals surface area contributed by atoms with Gasteiger partial charge in [-0.25, -0.2) is 4.98 Å². The number of nitrogens with zero attached hydrogens (tertiary/aromatic N) is 3. The Hall–Kier alpha value is -1.99. The molecule has 0 bridgehead atoms. The zero-order valence-corrected chi connectivity index (χ0v) is 18.8. The van der Waals surface area contributed by atoms with E-state index >= 15 is 0 Å². The van der Waals surface area contributed by atoms with Crippen LogP contribution >= 0.6 is 22.7 Å². The van der Waals surface area contributed by atoms with Crippen LogP contribution in [0.15, 0.2) is 17.5 Å². The molecule has 0 spiro atoms. The average molecular weight is 417 g/mol. The van der Waals surface area contributed by atoms with Gasteiger partial charge in [0.2, 0.25) is 5.91 Å². The Kier molecular flexibility index (Phi) is 6.67. The molecule has 0 saturated carbocycles. The first-order chi connectivity index (χ1) is 13.3. The molecule has 0 aliphatic rings. The van der Waals surface area contributed by atoms with Gasteiger partial charge in [0.05, 0.1) is 27.7 Å². The number of carbonyl (C=O) groups is 1. The fraction of sp³-hybridized carbons (Fsp3) is 0.476. The standard InChI is InChI=1S/C21H28N4OS2/c1-13(2)11-25-15(4)18(14(3)24-25)10-21(26)22-9-8-17-6-7-20(28-17)19-12-27-16(5)23-19/h6-7,12-13H,8-11H2,1-5H3,(H,22,26). The van der Waals surface area contributed by atoms with E-state index in [2.05, 4.69) is 53.7 Å². The van der Waals surface area contributed by atoms with E-state index < -0.39 is 0 Å². The lowest BCUT2D eigenvalue weighted by atomic mass is 10.1. The van der Waals surface area contributed by atoms with Crippen LogP contribution in [0.5, 0.6) is 0 Å². The largest absolute Gasteiger partial charge is 0.355 e. The summed E-state index contributed by atoms with van der Waals surface area (Å²) in [7, 11) is 0. The molecule has 0 aromatic carbocycles. The van der Waals surface area contributed by atoms with Crippen molar-refractivity contribution in [3.8, 4) is 10.6 Å². The fourth-order valence-electron chi connectivity index (χ4n) is 3.19. The number of thiazole rings is 1. The number of thiophene rings is 1. The van der Waals surface area contributed by atoms with Crippen molar-refractivity contribution < 1.29 is 4.79 Å². The lowest BCUT2D eigenvalue weighted by Crippen LogP contribution is -2.27. The molecule has 3 rings (SSSR count). The summed E-state index contributed by atoms with van der Waals surface area (Å²) < 4.78 is 2.02. The quantitative estimate of drug-likeness (QED) is 0.586. The molecule has 150 valence electrons. The number of hydrogen-bond donors (Lipinski definition) is 1. The minimum atomic E-state index is 0.0576. The summed E-state index contributed by atoms with van der Waals surface area (Å²) in [5.41, 5.74) is 4.15. The van der Waals surface area contributed by atoms with E-state index in [1.54, 1.807) is 22.7 Å². The second-order valence-electron chi connectivity index (χ2n) is 7.52. The Morgan fingerprint density at radius 1 is 1.25 bits per heavy atom. The highest BCUT2D eigenvalue weighted by molar-refractivity contribution is 7.16. The van der Waals surface area contributed by atoms with Crippen molar-refractivity contribution in [3.05, 3.63) is 44.3 Å². The monoisotopic (exact) mass is 416 g/mol. The van der Waals surface area contributed by atoms with E-state index in [1.807, 2.05) is 18.5 Å². The van der Waals surface area contributed by atoms with Crippen molar-refractivity contribution in [3.63, 3.8) is 0 Å². The van der Waals surface area contributed by atoms with Gasteiger partial charge in [0.25, 0.3) is 0 Å². The van der Waals surface area contributed by atoms with Gasteiger partial charge in [-0.15, -0.1) is 22.7 Å². The number of aryl methyl sites for hydroxylation is 2. The molecule has 0 fully saturated rings. The molecule has 0 radical (unpaired) electrons. The van der Waals surface area contributed by atoms with Crippen molar-refractivity contribution in [2.45, 2.75) is 54.0 Å². The number of carbonyl (C=O) groups excluding carboxylic acids is 1. The third kappa shape index (κ3) is 5.08. The minimum absolute atomic E-state index is 0.0576. The van der Waals surface area contributed by atoms with E-state index in [-0.39, 0.29) is 5.91 Å². The maximum absolute atomic E-state index is 12.4. The lowest BCUT2D eigenvalue weighted by molar-refractivity contribution is -0.120. The summed E-state index contributed by atoms with van der Waals surface area (Å²) in [6, 6.07) is 4.25. The van der Waals surface area contributed by atoms with E-state index in [1.165, 1.54) is 9.75 Å². The molecule has 0 unspecified atom stereocenters. The second-order valence-corrected chi connectivity index (χ2v) is 9.75. The van der Waals surface area contributed by atoms with Gasteiger partial charge in [-0.1, -0.05) is 13.8 Å². The first kappa shape index (κ1) is 20.7. The minimum Gasteiger partial charge on any atom is -0.355 e. The van der Waals surface area contributed by atoms with Gasteiger partial charge in [0.15, 0.2) is 0 Å². The summed E-state index contributed by atoms with van der Waals surface area (Å²) in [6.07, 6.45) is 1.23. The van der Waals surface area contributed by atoms with Crippen LogP contribution in [0.25, 0.3) is 10.6 Å².